The maximum atomic E-state index is 14.0. The summed E-state index contributed by atoms with van der Waals surface area (Å²) in [5, 5.41) is 0.674. The van der Waals surface area contributed by atoms with Gasteiger partial charge < -0.3 is 4.90 Å². The lowest BCUT2D eigenvalue weighted by molar-refractivity contribution is -0.124. The zero-order valence-electron chi connectivity index (χ0n) is 20.0. The van der Waals surface area contributed by atoms with E-state index in [0.717, 1.165) is 48.2 Å². The number of carbonyl (C=O) groups is 2. The van der Waals surface area contributed by atoms with Crippen LogP contribution in [0.25, 0.3) is 5.57 Å². The Morgan fingerprint density at radius 2 is 1.44 bits per heavy atom. The number of fused-ring (bicyclic) bond motifs is 1. The van der Waals surface area contributed by atoms with E-state index in [2.05, 4.69) is 0 Å². The molecule has 0 atom stereocenters. The Morgan fingerprint density at radius 1 is 0.778 bits per heavy atom. The number of rotatable bonds is 4. The van der Waals surface area contributed by atoms with Gasteiger partial charge in [-0.2, -0.15) is 0 Å². The molecule has 6 rings (SSSR count). The van der Waals surface area contributed by atoms with Crippen LogP contribution in [0, 0.1) is 0 Å². The molecule has 6 heteroatoms. The van der Waals surface area contributed by atoms with Crippen molar-refractivity contribution in [1.29, 1.82) is 0 Å². The predicted molar refractivity (Wildman–Crippen MR) is 146 cm³/mol. The number of nitrogens with zero attached hydrogens (tertiary/aromatic N) is 3. The van der Waals surface area contributed by atoms with Gasteiger partial charge in [0.1, 0.15) is 0 Å². The first kappa shape index (κ1) is 22.8. The van der Waals surface area contributed by atoms with Gasteiger partial charge in [0.25, 0.3) is 11.8 Å². The number of hydrogen-bond donors (Lipinski definition) is 0. The molecule has 5 nitrogen and oxygen atoms in total. The zero-order chi connectivity index (χ0) is 24.5. The Bertz CT molecular complexity index is 1360. The van der Waals surface area contributed by atoms with Crippen molar-refractivity contribution in [2.75, 3.05) is 4.90 Å². The fourth-order valence-corrected chi connectivity index (χ4v) is 6.46. The minimum absolute atomic E-state index is 0.0960. The van der Waals surface area contributed by atoms with Crippen LogP contribution >= 0.6 is 11.8 Å². The van der Waals surface area contributed by atoms with Crippen LogP contribution in [0.5, 0.6) is 0 Å². The van der Waals surface area contributed by atoms with Gasteiger partial charge in [0.2, 0.25) is 0 Å². The van der Waals surface area contributed by atoms with Gasteiger partial charge in [-0.15, -0.1) is 0 Å². The molecule has 0 N–H and O–H groups in total. The van der Waals surface area contributed by atoms with Crippen LogP contribution in [-0.2, 0) is 16.1 Å². The summed E-state index contributed by atoms with van der Waals surface area (Å²) in [5.41, 5.74) is 4.02. The van der Waals surface area contributed by atoms with Gasteiger partial charge in [-0.1, -0.05) is 86.0 Å². The van der Waals surface area contributed by atoms with E-state index < -0.39 is 0 Å². The summed E-state index contributed by atoms with van der Waals surface area (Å²) in [6.45, 7) is 0.462. The van der Waals surface area contributed by atoms with Crippen LogP contribution in [0.1, 0.15) is 43.2 Å². The first-order valence-electron chi connectivity index (χ1n) is 12.6. The summed E-state index contributed by atoms with van der Waals surface area (Å²) < 4.78 is 0. The fraction of sp³-hybridized carbons (Fsp3) is 0.233. The number of benzene rings is 3. The van der Waals surface area contributed by atoms with Crippen molar-refractivity contribution in [3.05, 3.63) is 101 Å². The Balaban J connectivity index is 1.44. The average molecular weight is 494 g/mol. The number of aliphatic imine (C=N–C) groups is 1. The van der Waals surface area contributed by atoms with Gasteiger partial charge in [-0.25, -0.2) is 4.99 Å². The van der Waals surface area contributed by atoms with Crippen LogP contribution in [0.2, 0.25) is 0 Å². The van der Waals surface area contributed by atoms with Crippen molar-refractivity contribution in [3.8, 4) is 0 Å². The maximum absolute atomic E-state index is 14.0. The Kier molecular flexibility index (Phi) is 6.20. The lowest BCUT2D eigenvalue weighted by atomic mass is 9.94. The van der Waals surface area contributed by atoms with Crippen LogP contribution in [0.4, 0.5) is 11.4 Å². The van der Waals surface area contributed by atoms with E-state index in [1.165, 1.54) is 18.2 Å². The third kappa shape index (κ3) is 4.16. The first-order chi connectivity index (χ1) is 17.7. The van der Waals surface area contributed by atoms with E-state index in [1.54, 1.807) is 4.90 Å². The average Bonchev–Trinajstić information content (AvgIpc) is 3.38. The maximum Gasteiger partial charge on any atom is 0.267 e. The second kappa shape index (κ2) is 9.78. The molecule has 1 aliphatic carbocycles. The highest BCUT2D eigenvalue weighted by atomic mass is 32.2. The molecule has 3 aliphatic rings. The highest BCUT2D eigenvalue weighted by Gasteiger charge is 2.44. The van der Waals surface area contributed by atoms with Gasteiger partial charge in [0.15, 0.2) is 5.17 Å². The van der Waals surface area contributed by atoms with Gasteiger partial charge >= 0.3 is 0 Å². The largest absolute Gasteiger partial charge is 0.303 e. The van der Waals surface area contributed by atoms with Crippen molar-refractivity contribution >= 4 is 45.7 Å². The summed E-state index contributed by atoms with van der Waals surface area (Å²) in [4.78, 5) is 36.9. The number of carbonyl (C=O) groups excluding carboxylic acids is 2. The SMILES string of the molecule is O=C1C(=C2SC(=Nc3ccccc3)N(C3CCCCC3)C2=O)c2ccccc2N1Cc1ccccc1. The van der Waals surface area contributed by atoms with Crippen molar-refractivity contribution < 1.29 is 9.59 Å². The minimum atomic E-state index is -0.125. The topological polar surface area (TPSA) is 53.0 Å². The highest BCUT2D eigenvalue weighted by Crippen LogP contribution is 2.46. The molecule has 0 aromatic heterocycles. The molecule has 0 radical (unpaired) electrons. The van der Waals surface area contributed by atoms with Gasteiger partial charge in [0, 0.05) is 11.6 Å². The molecule has 2 fully saturated rings. The van der Waals surface area contributed by atoms with Gasteiger partial charge in [-0.05, 0) is 48.4 Å². The Labute approximate surface area is 215 Å². The smallest absolute Gasteiger partial charge is 0.267 e. The normalized spacial score (nSPS) is 21.5. The van der Waals surface area contributed by atoms with E-state index >= 15 is 0 Å². The van der Waals surface area contributed by atoms with Crippen LogP contribution in [0.15, 0.2) is 94.8 Å². The third-order valence-corrected chi connectivity index (χ3v) is 8.12. The summed E-state index contributed by atoms with van der Waals surface area (Å²) >= 11 is 1.35. The lowest BCUT2D eigenvalue weighted by Gasteiger charge is -2.30. The molecule has 1 saturated heterocycles. The molecule has 180 valence electrons. The van der Waals surface area contributed by atoms with E-state index in [9.17, 15) is 9.59 Å². The summed E-state index contributed by atoms with van der Waals surface area (Å²) in [6, 6.07) is 27.6. The van der Waals surface area contributed by atoms with Crippen LogP contribution in [-0.4, -0.2) is 27.9 Å². The van der Waals surface area contributed by atoms with Crippen molar-refractivity contribution in [2.45, 2.75) is 44.7 Å². The highest BCUT2D eigenvalue weighted by molar-refractivity contribution is 8.18. The molecular formula is C30H27N3O2S. The van der Waals surface area contributed by atoms with Crippen molar-refractivity contribution in [2.24, 2.45) is 4.99 Å². The lowest BCUT2D eigenvalue weighted by Crippen LogP contribution is -2.40. The predicted octanol–water partition coefficient (Wildman–Crippen LogP) is 6.54. The quantitative estimate of drug-likeness (QED) is 0.388. The van der Waals surface area contributed by atoms with E-state index in [1.807, 2.05) is 89.8 Å². The monoisotopic (exact) mass is 493 g/mol. The second-order valence-electron chi connectivity index (χ2n) is 9.40. The van der Waals surface area contributed by atoms with E-state index in [0.29, 0.717) is 22.2 Å². The summed E-state index contributed by atoms with van der Waals surface area (Å²) in [5.74, 6) is -0.221. The molecule has 3 aromatic rings. The summed E-state index contributed by atoms with van der Waals surface area (Å²) in [6.07, 6.45) is 5.35. The summed E-state index contributed by atoms with van der Waals surface area (Å²) in [7, 11) is 0. The molecule has 0 bridgehead atoms. The molecule has 0 spiro atoms. The Morgan fingerprint density at radius 3 is 2.19 bits per heavy atom. The molecule has 1 saturated carbocycles. The minimum Gasteiger partial charge on any atom is -0.303 e. The molecule has 3 aromatic carbocycles. The molecule has 36 heavy (non-hydrogen) atoms. The number of amidine groups is 1. The number of amides is 2. The number of anilines is 1. The number of thioether (sulfide) groups is 1. The third-order valence-electron chi connectivity index (χ3n) is 7.07. The van der Waals surface area contributed by atoms with Gasteiger partial charge in [-0.3, -0.25) is 14.5 Å². The van der Waals surface area contributed by atoms with Crippen LogP contribution < -0.4 is 4.90 Å². The zero-order valence-corrected chi connectivity index (χ0v) is 20.8. The molecule has 2 amide bonds. The van der Waals surface area contributed by atoms with Crippen LogP contribution in [0.3, 0.4) is 0 Å². The second-order valence-corrected chi connectivity index (χ2v) is 10.4. The molecule has 0 unspecified atom stereocenters. The van der Waals surface area contributed by atoms with Crippen molar-refractivity contribution in [1.82, 2.24) is 4.90 Å². The molecule has 2 heterocycles. The number of para-hydroxylation sites is 2. The van der Waals surface area contributed by atoms with Gasteiger partial charge in [0.05, 0.1) is 28.4 Å². The van der Waals surface area contributed by atoms with E-state index in [-0.39, 0.29) is 17.9 Å². The first-order valence-corrected chi connectivity index (χ1v) is 13.4. The van der Waals surface area contributed by atoms with Crippen molar-refractivity contribution in [3.63, 3.8) is 0 Å². The fourth-order valence-electron chi connectivity index (χ4n) is 5.31. The standard InChI is InChI=1S/C30H27N3O2S/c34-28-26(24-18-10-11-19-25(24)32(28)20-21-12-4-1-5-13-21)27-29(35)33(23-16-8-3-9-17-23)30(36-27)31-22-14-6-2-7-15-22/h1-2,4-7,10-15,18-19,23H,3,8-9,16-17,20H2. The molecule has 2 aliphatic heterocycles. The number of hydrogen-bond acceptors (Lipinski definition) is 4. The van der Waals surface area contributed by atoms with E-state index in [4.69, 9.17) is 4.99 Å². The Hall–Kier alpha value is -3.64. The molecular weight excluding hydrogens is 466 g/mol.